The lowest BCUT2D eigenvalue weighted by molar-refractivity contribution is -0.143. The molecule has 112 valence electrons. The first kappa shape index (κ1) is 15.3. The third-order valence-corrected chi connectivity index (χ3v) is 4.74. The molecule has 20 heavy (non-hydrogen) atoms. The Bertz CT molecular complexity index is 447. The number of esters is 1. The smallest absolute Gasteiger partial charge is 0.306 e. The lowest BCUT2D eigenvalue weighted by atomic mass is 9.94. The number of carbonyl (C=O) groups is 1. The molecule has 1 aliphatic rings. The molecule has 0 bridgehead atoms. The van der Waals surface area contributed by atoms with E-state index in [2.05, 4.69) is 29.1 Å². The van der Waals surface area contributed by atoms with E-state index in [-0.39, 0.29) is 5.97 Å². The van der Waals surface area contributed by atoms with E-state index in [4.69, 9.17) is 4.74 Å². The predicted octanol–water partition coefficient (Wildman–Crippen LogP) is 3.26. The highest BCUT2D eigenvalue weighted by Gasteiger charge is 2.24. The molecular formula is C15H24N2O2S. The number of rotatable bonds is 5. The molecule has 2 heterocycles. The van der Waals surface area contributed by atoms with Gasteiger partial charge in [-0.1, -0.05) is 6.92 Å². The molecule has 0 spiro atoms. The maximum atomic E-state index is 11.4. The Morgan fingerprint density at radius 2 is 2.35 bits per heavy atom. The van der Waals surface area contributed by atoms with Gasteiger partial charge in [0.15, 0.2) is 5.13 Å². The summed E-state index contributed by atoms with van der Waals surface area (Å²) < 4.78 is 4.94. The zero-order valence-electron chi connectivity index (χ0n) is 12.6. The van der Waals surface area contributed by atoms with Crippen molar-refractivity contribution in [2.24, 2.45) is 5.92 Å². The summed E-state index contributed by atoms with van der Waals surface area (Å²) in [5.41, 5.74) is 1.00. The third kappa shape index (κ3) is 3.95. The number of aromatic nitrogens is 1. The first-order valence-electron chi connectivity index (χ1n) is 7.46. The van der Waals surface area contributed by atoms with Crippen LogP contribution in [-0.2, 0) is 16.0 Å². The lowest BCUT2D eigenvalue weighted by Crippen LogP contribution is -2.40. The van der Waals surface area contributed by atoms with Crippen molar-refractivity contribution in [1.82, 2.24) is 4.98 Å². The predicted molar refractivity (Wildman–Crippen MR) is 82.3 cm³/mol. The summed E-state index contributed by atoms with van der Waals surface area (Å²) in [7, 11) is 0. The average Bonchev–Trinajstić information content (AvgIpc) is 2.85. The van der Waals surface area contributed by atoms with Gasteiger partial charge in [0, 0.05) is 24.4 Å². The summed E-state index contributed by atoms with van der Waals surface area (Å²) in [6, 6.07) is 0.558. The van der Waals surface area contributed by atoms with Crippen molar-refractivity contribution in [3.8, 4) is 0 Å². The van der Waals surface area contributed by atoms with Crippen LogP contribution in [0.4, 0.5) is 5.13 Å². The highest BCUT2D eigenvalue weighted by Crippen LogP contribution is 2.30. The molecule has 0 amide bonds. The number of hydrogen-bond donors (Lipinski definition) is 0. The Morgan fingerprint density at radius 3 is 3.05 bits per heavy atom. The normalized spacial score (nSPS) is 22.9. The van der Waals surface area contributed by atoms with Gasteiger partial charge in [-0.25, -0.2) is 4.98 Å². The molecule has 2 unspecified atom stereocenters. The van der Waals surface area contributed by atoms with Crippen LogP contribution in [0.5, 0.6) is 0 Å². The Labute approximate surface area is 125 Å². The number of anilines is 1. The number of nitrogens with zero attached hydrogens (tertiary/aromatic N) is 2. The van der Waals surface area contributed by atoms with Gasteiger partial charge < -0.3 is 9.64 Å². The molecule has 0 radical (unpaired) electrons. The van der Waals surface area contributed by atoms with E-state index in [0.29, 0.717) is 25.5 Å². The molecule has 2 rings (SSSR count). The first-order valence-corrected chi connectivity index (χ1v) is 8.34. The second-order valence-corrected chi connectivity index (χ2v) is 6.43. The fraction of sp³-hybridized carbons (Fsp3) is 0.733. The van der Waals surface area contributed by atoms with Crippen LogP contribution in [-0.4, -0.2) is 30.1 Å². The maximum Gasteiger partial charge on any atom is 0.306 e. The average molecular weight is 296 g/mol. The maximum absolute atomic E-state index is 11.4. The van der Waals surface area contributed by atoms with Gasteiger partial charge in [0.2, 0.25) is 0 Å². The number of piperidine rings is 1. The molecule has 1 aliphatic heterocycles. The molecule has 0 aliphatic carbocycles. The highest BCUT2D eigenvalue weighted by atomic mass is 32.1. The van der Waals surface area contributed by atoms with E-state index in [0.717, 1.165) is 23.3 Å². The van der Waals surface area contributed by atoms with Gasteiger partial charge in [0.25, 0.3) is 0 Å². The van der Waals surface area contributed by atoms with Crippen molar-refractivity contribution >= 4 is 22.4 Å². The Balaban J connectivity index is 1.90. The third-order valence-electron chi connectivity index (χ3n) is 3.81. The second kappa shape index (κ2) is 7.07. The van der Waals surface area contributed by atoms with Gasteiger partial charge in [0.1, 0.15) is 0 Å². The first-order chi connectivity index (χ1) is 9.60. The van der Waals surface area contributed by atoms with Crippen molar-refractivity contribution in [3.63, 3.8) is 0 Å². The van der Waals surface area contributed by atoms with Gasteiger partial charge in [-0.3, -0.25) is 4.79 Å². The van der Waals surface area contributed by atoms with Crippen LogP contribution in [0.25, 0.3) is 0 Å². The largest absolute Gasteiger partial charge is 0.466 e. The number of carbonyl (C=O) groups excluding carboxylic acids is 1. The van der Waals surface area contributed by atoms with Gasteiger partial charge in [-0.2, -0.15) is 0 Å². The summed E-state index contributed by atoms with van der Waals surface area (Å²) in [4.78, 5) is 18.4. The van der Waals surface area contributed by atoms with Crippen molar-refractivity contribution < 1.29 is 9.53 Å². The summed E-state index contributed by atoms with van der Waals surface area (Å²) in [6.07, 6.45) is 3.57. The summed E-state index contributed by atoms with van der Waals surface area (Å²) in [5, 5.41) is 3.17. The standard InChI is InChI=1S/C15H24N2O2S/c1-4-19-14(18)6-5-13-10-20-15(16-13)17-8-7-11(2)9-12(17)3/h10-12H,4-9H2,1-3H3. The number of hydrogen-bond acceptors (Lipinski definition) is 5. The van der Waals surface area contributed by atoms with Crippen LogP contribution in [0, 0.1) is 5.92 Å². The van der Waals surface area contributed by atoms with Crippen molar-refractivity contribution in [2.75, 3.05) is 18.1 Å². The minimum atomic E-state index is -0.137. The Hall–Kier alpha value is -1.10. The summed E-state index contributed by atoms with van der Waals surface area (Å²) in [5.74, 6) is 0.673. The lowest BCUT2D eigenvalue weighted by Gasteiger charge is -2.36. The minimum absolute atomic E-state index is 0.137. The van der Waals surface area contributed by atoms with Gasteiger partial charge in [-0.15, -0.1) is 11.3 Å². The molecule has 0 saturated carbocycles. The zero-order chi connectivity index (χ0) is 14.5. The fourth-order valence-electron chi connectivity index (χ4n) is 2.70. The SMILES string of the molecule is CCOC(=O)CCc1csc(N2CCC(C)CC2C)n1. The highest BCUT2D eigenvalue weighted by molar-refractivity contribution is 7.13. The molecule has 1 fully saturated rings. The quantitative estimate of drug-likeness (QED) is 0.782. The van der Waals surface area contributed by atoms with E-state index in [1.165, 1.54) is 12.8 Å². The van der Waals surface area contributed by atoms with Crippen LogP contribution in [0.2, 0.25) is 0 Å². The Kier molecular flexibility index (Phi) is 5.40. The van der Waals surface area contributed by atoms with Gasteiger partial charge in [0.05, 0.1) is 18.7 Å². The van der Waals surface area contributed by atoms with Crippen molar-refractivity contribution in [1.29, 1.82) is 0 Å². The molecule has 4 nitrogen and oxygen atoms in total. The molecule has 1 saturated heterocycles. The van der Waals surface area contributed by atoms with Crippen LogP contribution < -0.4 is 4.90 Å². The number of ether oxygens (including phenoxy) is 1. The molecule has 0 aromatic carbocycles. The van der Waals surface area contributed by atoms with Crippen LogP contribution >= 0.6 is 11.3 Å². The van der Waals surface area contributed by atoms with Crippen LogP contribution in [0.15, 0.2) is 5.38 Å². The summed E-state index contributed by atoms with van der Waals surface area (Å²) in [6.45, 7) is 7.96. The van der Waals surface area contributed by atoms with E-state index < -0.39 is 0 Å². The molecule has 0 N–H and O–H groups in total. The van der Waals surface area contributed by atoms with Gasteiger partial charge >= 0.3 is 5.97 Å². The molecule has 1 aromatic heterocycles. The minimum Gasteiger partial charge on any atom is -0.466 e. The molecule has 1 aromatic rings. The number of aryl methyl sites for hydroxylation is 1. The topological polar surface area (TPSA) is 42.4 Å². The molecule has 2 atom stereocenters. The monoisotopic (exact) mass is 296 g/mol. The zero-order valence-corrected chi connectivity index (χ0v) is 13.4. The van der Waals surface area contributed by atoms with Crippen molar-refractivity contribution in [3.05, 3.63) is 11.1 Å². The molecule has 5 heteroatoms. The van der Waals surface area contributed by atoms with Gasteiger partial charge in [-0.05, 0) is 32.6 Å². The fourth-order valence-corrected chi connectivity index (χ4v) is 3.69. The van der Waals surface area contributed by atoms with Crippen molar-refractivity contribution in [2.45, 2.75) is 52.5 Å². The number of thiazole rings is 1. The van der Waals surface area contributed by atoms with E-state index in [9.17, 15) is 4.79 Å². The van der Waals surface area contributed by atoms with E-state index in [1.54, 1.807) is 11.3 Å². The van der Waals surface area contributed by atoms with E-state index >= 15 is 0 Å². The molecular weight excluding hydrogens is 272 g/mol. The van der Waals surface area contributed by atoms with E-state index in [1.807, 2.05) is 6.92 Å². The second-order valence-electron chi connectivity index (χ2n) is 5.60. The Morgan fingerprint density at radius 1 is 1.55 bits per heavy atom. The summed E-state index contributed by atoms with van der Waals surface area (Å²) >= 11 is 1.69. The van der Waals surface area contributed by atoms with Crippen LogP contribution in [0.3, 0.4) is 0 Å². The van der Waals surface area contributed by atoms with Crippen LogP contribution in [0.1, 0.15) is 45.7 Å².